The topological polar surface area (TPSA) is 130 Å². The molecule has 1 unspecified atom stereocenters. The lowest BCUT2D eigenvalue weighted by Crippen LogP contribution is -2.52. The van der Waals surface area contributed by atoms with Crippen molar-refractivity contribution < 1.29 is 19.3 Å². The molecule has 192 valence electrons. The number of rotatable bonds is 9. The summed E-state index contributed by atoms with van der Waals surface area (Å²) < 4.78 is 0. The molecule has 9 nitrogen and oxygen atoms in total. The molecule has 0 radical (unpaired) electrons. The number of nitro groups is 1. The van der Waals surface area contributed by atoms with Gasteiger partial charge in [-0.2, -0.15) is 0 Å². The van der Waals surface area contributed by atoms with Gasteiger partial charge in [0.15, 0.2) is 0 Å². The van der Waals surface area contributed by atoms with E-state index in [0.29, 0.717) is 16.8 Å². The first-order chi connectivity index (χ1) is 18.3. The Bertz CT molecular complexity index is 1470. The molecule has 0 aromatic heterocycles. The SMILES string of the molecule is C[C@H](NC(=O)C(Cc1ccc([N+](=O)[O-])cc1)NC(=O)c1cccc2ccccc12)C(=O)Nc1ccccc1. The Morgan fingerprint density at radius 2 is 1.45 bits per heavy atom. The standard InChI is InChI=1S/C29H26N4O5/c1-19(27(34)31-22-10-3-2-4-11-22)30-29(36)26(18-20-14-16-23(17-15-20)33(37)38)32-28(35)25-13-7-9-21-8-5-6-12-24(21)25/h2-17,19,26H,18H2,1H3,(H,30,36)(H,31,34)(H,32,35)/t19-,26?/m0/s1. The van der Waals surface area contributed by atoms with Crippen molar-refractivity contribution >= 4 is 39.9 Å². The van der Waals surface area contributed by atoms with Crippen molar-refractivity contribution in [2.45, 2.75) is 25.4 Å². The molecular formula is C29H26N4O5. The first-order valence-electron chi connectivity index (χ1n) is 12.0. The molecule has 0 aliphatic rings. The number of carbonyl (C=O) groups is 3. The Hall–Kier alpha value is -5.05. The molecule has 0 spiro atoms. The number of nitrogens with zero attached hydrogens (tertiary/aromatic N) is 1. The lowest BCUT2D eigenvalue weighted by atomic mass is 10.0. The number of amides is 3. The molecular weight excluding hydrogens is 484 g/mol. The maximum absolute atomic E-state index is 13.3. The summed E-state index contributed by atoms with van der Waals surface area (Å²) in [7, 11) is 0. The predicted octanol–water partition coefficient (Wildman–Crippen LogP) is 4.23. The zero-order valence-corrected chi connectivity index (χ0v) is 20.6. The second-order valence-corrected chi connectivity index (χ2v) is 8.77. The van der Waals surface area contributed by atoms with Crippen LogP contribution in [0.15, 0.2) is 97.1 Å². The molecule has 0 saturated heterocycles. The molecule has 4 rings (SSSR count). The van der Waals surface area contributed by atoms with E-state index in [1.54, 1.807) is 43.3 Å². The third-order valence-electron chi connectivity index (χ3n) is 6.04. The number of carbonyl (C=O) groups excluding carboxylic acids is 3. The Balaban J connectivity index is 1.54. The van der Waals surface area contributed by atoms with Gasteiger partial charge in [-0.3, -0.25) is 24.5 Å². The van der Waals surface area contributed by atoms with Crippen LogP contribution < -0.4 is 16.0 Å². The second-order valence-electron chi connectivity index (χ2n) is 8.77. The molecule has 3 amide bonds. The van der Waals surface area contributed by atoms with E-state index in [-0.39, 0.29) is 12.1 Å². The minimum Gasteiger partial charge on any atom is -0.343 e. The minimum atomic E-state index is -1.05. The quantitative estimate of drug-likeness (QED) is 0.229. The molecule has 0 saturated carbocycles. The highest BCUT2D eigenvalue weighted by Gasteiger charge is 2.26. The number of nitrogens with one attached hydrogen (secondary N) is 3. The van der Waals surface area contributed by atoms with Gasteiger partial charge in [0.2, 0.25) is 11.8 Å². The Labute approximate surface area is 219 Å². The fourth-order valence-corrected chi connectivity index (χ4v) is 4.01. The van der Waals surface area contributed by atoms with Crippen molar-refractivity contribution in [3.63, 3.8) is 0 Å². The van der Waals surface area contributed by atoms with Crippen LogP contribution in [0.25, 0.3) is 10.8 Å². The molecule has 4 aromatic rings. The van der Waals surface area contributed by atoms with Gasteiger partial charge in [0.1, 0.15) is 12.1 Å². The maximum Gasteiger partial charge on any atom is 0.269 e. The lowest BCUT2D eigenvalue weighted by molar-refractivity contribution is -0.384. The summed E-state index contributed by atoms with van der Waals surface area (Å²) in [5.41, 5.74) is 1.51. The van der Waals surface area contributed by atoms with Crippen LogP contribution >= 0.6 is 0 Å². The fraction of sp³-hybridized carbons (Fsp3) is 0.138. The first kappa shape index (κ1) is 26.0. The average Bonchev–Trinajstić information content (AvgIpc) is 2.93. The number of non-ortho nitro benzene ring substituents is 1. The predicted molar refractivity (Wildman–Crippen MR) is 145 cm³/mol. The van der Waals surface area contributed by atoms with Crippen LogP contribution in [0, 0.1) is 10.1 Å². The number of fused-ring (bicyclic) bond motifs is 1. The van der Waals surface area contributed by atoms with Crippen LogP contribution in [-0.4, -0.2) is 34.7 Å². The molecule has 0 aliphatic carbocycles. The van der Waals surface area contributed by atoms with Crippen molar-refractivity contribution in [2.24, 2.45) is 0 Å². The third-order valence-corrected chi connectivity index (χ3v) is 6.04. The molecule has 0 heterocycles. The molecule has 3 N–H and O–H groups in total. The van der Waals surface area contributed by atoms with E-state index in [0.717, 1.165) is 10.8 Å². The van der Waals surface area contributed by atoms with Gasteiger partial charge in [-0.15, -0.1) is 0 Å². The normalized spacial score (nSPS) is 12.2. The summed E-state index contributed by atoms with van der Waals surface area (Å²) >= 11 is 0. The van der Waals surface area contributed by atoms with E-state index < -0.39 is 34.7 Å². The number of hydrogen-bond donors (Lipinski definition) is 3. The van der Waals surface area contributed by atoms with Gasteiger partial charge >= 0.3 is 0 Å². The summed E-state index contributed by atoms with van der Waals surface area (Å²) in [5, 5.41) is 20.8. The van der Waals surface area contributed by atoms with Crippen molar-refractivity contribution in [1.82, 2.24) is 10.6 Å². The van der Waals surface area contributed by atoms with Gasteiger partial charge < -0.3 is 16.0 Å². The monoisotopic (exact) mass is 510 g/mol. The van der Waals surface area contributed by atoms with Crippen LogP contribution in [0.4, 0.5) is 11.4 Å². The Morgan fingerprint density at radius 1 is 0.789 bits per heavy atom. The van der Waals surface area contributed by atoms with E-state index in [1.807, 2.05) is 36.4 Å². The van der Waals surface area contributed by atoms with Crippen LogP contribution in [-0.2, 0) is 16.0 Å². The van der Waals surface area contributed by atoms with E-state index in [2.05, 4.69) is 16.0 Å². The van der Waals surface area contributed by atoms with Crippen molar-refractivity contribution in [1.29, 1.82) is 0 Å². The number of benzene rings is 4. The molecule has 0 aliphatic heterocycles. The van der Waals surface area contributed by atoms with Gasteiger partial charge in [0.05, 0.1) is 4.92 Å². The zero-order chi connectivity index (χ0) is 27.1. The van der Waals surface area contributed by atoms with Crippen LogP contribution in [0.1, 0.15) is 22.8 Å². The van der Waals surface area contributed by atoms with Gasteiger partial charge in [0.25, 0.3) is 11.6 Å². The number of para-hydroxylation sites is 1. The van der Waals surface area contributed by atoms with E-state index in [1.165, 1.54) is 24.3 Å². The maximum atomic E-state index is 13.3. The van der Waals surface area contributed by atoms with E-state index in [4.69, 9.17) is 0 Å². The fourth-order valence-electron chi connectivity index (χ4n) is 4.01. The van der Waals surface area contributed by atoms with E-state index in [9.17, 15) is 24.5 Å². The van der Waals surface area contributed by atoms with Crippen molar-refractivity contribution in [3.8, 4) is 0 Å². The highest BCUT2D eigenvalue weighted by atomic mass is 16.6. The molecule has 38 heavy (non-hydrogen) atoms. The van der Waals surface area contributed by atoms with Gasteiger partial charge in [-0.25, -0.2) is 0 Å². The largest absolute Gasteiger partial charge is 0.343 e. The molecule has 9 heteroatoms. The summed E-state index contributed by atoms with van der Waals surface area (Å²) in [4.78, 5) is 49.8. The van der Waals surface area contributed by atoms with Gasteiger partial charge in [0, 0.05) is 29.8 Å². The van der Waals surface area contributed by atoms with Gasteiger partial charge in [-0.1, -0.05) is 66.7 Å². The van der Waals surface area contributed by atoms with Gasteiger partial charge in [-0.05, 0) is 41.5 Å². The summed E-state index contributed by atoms with van der Waals surface area (Å²) in [6.07, 6.45) is 0.0629. The number of hydrogen-bond acceptors (Lipinski definition) is 5. The smallest absolute Gasteiger partial charge is 0.269 e. The Morgan fingerprint density at radius 3 is 2.16 bits per heavy atom. The second kappa shape index (κ2) is 11.8. The zero-order valence-electron chi connectivity index (χ0n) is 20.6. The summed E-state index contributed by atoms with van der Waals surface area (Å²) in [5.74, 6) is -1.43. The van der Waals surface area contributed by atoms with E-state index >= 15 is 0 Å². The van der Waals surface area contributed by atoms with Crippen molar-refractivity contribution in [3.05, 3.63) is 118 Å². The molecule has 4 aromatic carbocycles. The Kier molecular flexibility index (Phi) is 8.07. The minimum absolute atomic E-state index is 0.0629. The number of nitro benzene ring substituents is 1. The molecule has 0 bridgehead atoms. The van der Waals surface area contributed by atoms with Crippen LogP contribution in [0.3, 0.4) is 0 Å². The summed E-state index contributed by atoms with van der Waals surface area (Å²) in [6.45, 7) is 1.55. The average molecular weight is 511 g/mol. The highest BCUT2D eigenvalue weighted by Crippen LogP contribution is 2.19. The molecule has 0 fully saturated rings. The number of anilines is 1. The summed E-state index contributed by atoms with van der Waals surface area (Å²) in [6, 6.07) is 25.4. The highest BCUT2D eigenvalue weighted by molar-refractivity contribution is 6.08. The van der Waals surface area contributed by atoms with Crippen molar-refractivity contribution in [2.75, 3.05) is 5.32 Å². The van der Waals surface area contributed by atoms with Crippen LogP contribution in [0.2, 0.25) is 0 Å². The lowest BCUT2D eigenvalue weighted by Gasteiger charge is -2.22. The van der Waals surface area contributed by atoms with Crippen LogP contribution in [0.5, 0.6) is 0 Å². The third kappa shape index (κ3) is 6.38. The first-order valence-corrected chi connectivity index (χ1v) is 12.0. The molecule has 2 atom stereocenters.